The molecule has 1 rings (SSSR count). The molecule has 4 amide bonds. The molecule has 1 heterocycles. The average molecular weight is 339 g/mol. The van der Waals surface area contributed by atoms with Crippen LogP contribution in [-0.4, -0.2) is 42.4 Å². The highest BCUT2D eigenvalue weighted by Crippen LogP contribution is 2.35. The molecule has 24 heavy (non-hydrogen) atoms. The van der Waals surface area contributed by atoms with Gasteiger partial charge < -0.3 is 10.6 Å². The van der Waals surface area contributed by atoms with Crippen LogP contribution in [-0.2, 0) is 9.59 Å². The first-order chi connectivity index (χ1) is 10.9. The molecule has 0 aromatic rings. The van der Waals surface area contributed by atoms with E-state index in [1.54, 1.807) is 0 Å². The molecule has 0 radical (unpaired) electrons. The average Bonchev–Trinajstić information content (AvgIpc) is 2.69. The van der Waals surface area contributed by atoms with Gasteiger partial charge in [0, 0.05) is 26.1 Å². The van der Waals surface area contributed by atoms with Crippen LogP contribution in [0.5, 0.6) is 0 Å². The van der Waals surface area contributed by atoms with E-state index in [2.05, 4.69) is 31.4 Å². The number of likely N-dealkylation sites (tertiary alicyclic amines) is 1. The summed E-state index contributed by atoms with van der Waals surface area (Å²) in [5.74, 6) is -0.421. The van der Waals surface area contributed by atoms with Crippen LogP contribution in [0.1, 0.15) is 60.8 Å². The summed E-state index contributed by atoms with van der Waals surface area (Å²) in [6.07, 6.45) is 1.77. The van der Waals surface area contributed by atoms with Gasteiger partial charge in [-0.1, -0.05) is 41.5 Å². The number of nitrogens with one attached hydrogen (secondary N) is 2. The molecule has 0 aliphatic carbocycles. The third-order valence-corrected chi connectivity index (χ3v) is 4.29. The minimum absolute atomic E-state index is 0.0814. The molecule has 1 aliphatic rings. The van der Waals surface area contributed by atoms with Crippen molar-refractivity contribution in [2.24, 2.45) is 16.7 Å². The molecule has 6 nitrogen and oxygen atoms in total. The molecule has 1 fully saturated rings. The minimum atomic E-state index is -0.237. The van der Waals surface area contributed by atoms with Gasteiger partial charge in [0.25, 0.3) is 0 Å². The second kappa shape index (κ2) is 7.99. The van der Waals surface area contributed by atoms with Crippen molar-refractivity contribution < 1.29 is 14.4 Å². The molecule has 2 N–H and O–H groups in total. The summed E-state index contributed by atoms with van der Waals surface area (Å²) in [7, 11) is 0. The third kappa shape index (κ3) is 6.49. The Morgan fingerprint density at radius 2 is 1.67 bits per heavy atom. The van der Waals surface area contributed by atoms with Crippen molar-refractivity contribution in [3.63, 3.8) is 0 Å². The van der Waals surface area contributed by atoms with Crippen LogP contribution in [0.4, 0.5) is 4.79 Å². The smallest absolute Gasteiger partial charge is 0.314 e. The Bertz CT molecular complexity index is 475. The number of amides is 4. The van der Waals surface area contributed by atoms with Crippen molar-refractivity contribution in [3.05, 3.63) is 0 Å². The zero-order chi connectivity index (χ0) is 18.5. The highest BCUT2D eigenvalue weighted by molar-refractivity contribution is 6.03. The van der Waals surface area contributed by atoms with Gasteiger partial charge in [-0.25, -0.2) is 4.79 Å². The summed E-state index contributed by atoms with van der Waals surface area (Å²) in [5.41, 5.74) is -0.0139. The van der Waals surface area contributed by atoms with Gasteiger partial charge in [0.15, 0.2) is 0 Å². The summed E-state index contributed by atoms with van der Waals surface area (Å²) in [6.45, 7) is 13.8. The van der Waals surface area contributed by atoms with Crippen molar-refractivity contribution in [2.45, 2.75) is 60.8 Å². The predicted octanol–water partition coefficient (Wildman–Crippen LogP) is 2.53. The number of nitrogens with zero attached hydrogens (tertiary/aromatic N) is 1. The Hall–Kier alpha value is -1.59. The van der Waals surface area contributed by atoms with E-state index in [0.29, 0.717) is 32.5 Å². The van der Waals surface area contributed by atoms with Crippen LogP contribution >= 0.6 is 0 Å². The predicted molar refractivity (Wildman–Crippen MR) is 94.4 cm³/mol. The Balaban J connectivity index is 2.27. The summed E-state index contributed by atoms with van der Waals surface area (Å²) < 4.78 is 0. The number of hydrogen-bond acceptors (Lipinski definition) is 3. The van der Waals surface area contributed by atoms with Crippen molar-refractivity contribution >= 4 is 17.8 Å². The Labute approximate surface area is 145 Å². The lowest BCUT2D eigenvalue weighted by Crippen LogP contribution is -2.39. The lowest BCUT2D eigenvalue weighted by molar-refractivity contribution is -0.140. The van der Waals surface area contributed by atoms with E-state index < -0.39 is 0 Å². The number of rotatable bonds is 6. The van der Waals surface area contributed by atoms with Crippen LogP contribution in [0.2, 0.25) is 0 Å². The van der Waals surface area contributed by atoms with E-state index in [9.17, 15) is 14.4 Å². The molecule has 6 heteroatoms. The summed E-state index contributed by atoms with van der Waals surface area (Å²) in [6, 6.07) is -0.203. The van der Waals surface area contributed by atoms with E-state index in [0.717, 1.165) is 6.42 Å². The normalized spacial score (nSPS) is 18.9. The van der Waals surface area contributed by atoms with Gasteiger partial charge in [0.2, 0.25) is 11.8 Å². The molecule has 1 unspecified atom stereocenters. The number of carbonyl (C=O) groups excluding carboxylic acids is 3. The maximum atomic E-state index is 12.3. The van der Waals surface area contributed by atoms with E-state index in [1.165, 1.54) is 4.90 Å². The first-order valence-corrected chi connectivity index (χ1v) is 8.78. The fourth-order valence-electron chi connectivity index (χ4n) is 2.65. The van der Waals surface area contributed by atoms with Gasteiger partial charge in [-0.05, 0) is 23.7 Å². The lowest BCUT2D eigenvalue weighted by atomic mass is 9.80. The maximum absolute atomic E-state index is 12.3. The highest BCUT2D eigenvalue weighted by Gasteiger charge is 2.44. The quantitative estimate of drug-likeness (QED) is 0.576. The monoisotopic (exact) mass is 339 g/mol. The molecule has 0 bridgehead atoms. The van der Waals surface area contributed by atoms with Crippen LogP contribution in [0.25, 0.3) is 0 Å². The van der Waals surface area contributed by atoms with Gasteiger partial charge in [0.1, 0.15) is 0 Å². The first kappa shape index (κ1) is 20.5. The Morgan fingerprint density at radius 3 is 2.17 bits per heavy atom. The van der Waals surface area contributed by atoms with Gasteiger partial charge in [-0.15, -0.1) is 0 Å². The van der Waals surface area contributed by atoms with Crippen LogP contribution in [0.15, 0.2) is 0 Å². The highest BCUT2D eigenvalue weighted by atomic mass is 16.2. The van der Waals surface area contributed by atoms with E-state index in [4.69, 9.17) is 0 Å². The lowest BCUT2D eigenvalue weighted by Gasteiger charge is -2.24. The van der Waals surface area contributed by atoms with E-state index in [1.807, 2.05) is 20.8 Å². The minimum Gasteiger partial charge on any atom is -0.338 e. The number of carbonyl (C=O) groups is 3. The standard InChI is InChI=1S/C18H33N3O3/c1-17(2,3)8-10-20-16(24)19-9-7-11-21-14(22)12-13(15(21)23)18(4,5)6/h13H,7-12H2,1-6H3,(H2,19,20,24). The van der Waals surface area contributed by atoms with Crippen molar-refractivity contribution in [2.75, 3.05) is 19.6 Å². The largest absolute Gasteiger partial charge is 0.338 e. The summed E-state index contributed by atoms with van der Waals surface area (Å²) >= 11 is 0. The summed E-state index contributed by atoms with van der Waals surface area (Å²) in [4.78, 5) is 37.4. The van der Waals surface area contributed by atoms with Crippen LogP contribution in [0.3, 0.4) is 0 Å². The van der Waals surface area contributed by atoms with Gasteiger partial charge in [-0.3, -0.25) is 14.5 Å². The first-order valence-electron chi connectivity index (χ1n) is 8.78. The second-order valence-electron chi connectivity index (χ2n) is 8.85. The maximum Gasteiger partial charge on any atom is 0.314 e. The molecule has 138 valence electrons. The molecule has 0 spiro atoms. The topological polar surface area (TPSA) is 78.5 Å². The molecule has 0 aromatic heterocycles. The molecular weight excluding hydrogens is 306 g/mol. The number of urea groups is 1. The molecule has 1 aliphatic heterocycles. The van der Waals surface area contributed by atoms with Crippen LogP contribution < -0.4 is 10.6 Å². The van der Waals surface area contributed by atoms with Crippen molar-refractivity contribution in [3.8, 4) is 0 Å². The van der Waals surface area contributed by atoms with Crippen molar-refractivity contribution in [1.29, 1.82) is 0 Å². The summed E-state index contributed by atoms with van der Waals surface area (Å²) in [5, 5.41) is 5.58. The Kier molecular flexibility index (Phi) is 6.81. The van der Waals surface area contributed by atoms with Gasteiger partial charge >= 0.3 is 6.03 Å². The second-order valence-corrected chi connectivity index (χ2v) is 8.85. The number of imide groups is 1. The SMILES string of the molecule is CC(C)(C)CCNC(=O)NCCCN1C(=O)CC(C(C)(C)C)C1=O. The van der Waals surface area contributed by atoms with Gasteiger partial charge in [0.05, 0.1) is 5.92 Å². The van der Waals surface area contributed by atoms with E-state index >= 15 is 0 Å². The molecule has 0 saturated carbocycles. The fraction of sp³-hybridized carbons (Fsp3) is 0.833. The van der Waals surface area contributed by atoms with Crippen molar-refractivity contribution in [1.82, 2.24) is 15.5 Å². The third-order valence-electron chi connectivity index (χ3n) is 4.29. The van der Waals surface area contributed by atoms with Crippen LogP contribution in [0, 0.1) is 16.7 Å². The Morgan fingerprint density at radius 1 is 1.08 bits per heavy atom. The van der Waals surface area contributed by atoms with Gasteiger partial charge in [-0.2, -0.15) is 0 Å². The molecule has 0 aromatic carbocycles. The van der Waals surface area contributed by atoms with E-state index in [-0.39, 0.29) is 34.6 Å². The zero-order valence-corrected chi connectivity index (χ0v) is 16.0. The number of hydrogen-bond donors (Lipinski definition) is 2. The molecule has 1 atom stereocenters. The fourth-order valence-corrected chi connectivity index (χ4v) is 2.65. The zero-order valence-electron chi connectivity index (χ0n) is 16.0. The molecule has 1 saturated heterocycles. The molecular formula is C18H33N3O3.